The van der Waals surface area contributed by atoms with Crippen molar-refractivity contribution in [1.29, 1.82) is 0 Å². The van der Waals surface area contributed by atoms with Crippen molar-refractivity contribution in [3.05, 3.63) is 11.8 Å². The van der Waals surface area contributed by atoms with Crippen molar-refractivity contribution in [3.8, 4) is 0 Å². The summed E-state index contributed by atoms with van der Waals surface area (Å²) >= 11 is 5.72. The normalized spacial score (nSPS) is 12.4. The van der Waals surface area contributed by atoms with Gasteiger partial charge in [-0.05, 0) is 65.1 Å². The summed E-state index contributed by atoms with van der Waals surface area (Å²) in [6.45, 7) is 3.41. The fourth-order valence-electron chi connectivity index (χ4n) is 0.773. The van der Waals surface area contributed by atoms with Gasteiger partial charge in [0.2, 0.25) is 0 Å². The number of thiophene rings is 1. The second kappa shape index (κ2) is 4.31. The molecule has 0 spiro atoms. The average molecular weight is 442 g/mol. The third-order valence-electron chi connectivity index (χ3n) is 1.55. The lowest BCUT2D eigenvalue weighted by atomic mass is 10.6. The van der Waals surface area contributed by atoms with E-state index in [1.54, 1.807) is 19.9 Å². The molecule has 0 saturated carbocycles. The summed E-state index contributed by atoms with van der Waals surface area (Å²) in [5, 5.41) is -0.341. The van der Waals surface area contributed by atoms with Crippen LogP contribution in [0.15, 0.2) is 11.0 Å². The van der Waals surface area contributed by atoms with Crippen molar-refractivity contribution in [3.63, 3.8) is 0 Å². The maximum Gasteiger partial charge on any atom is 0.182 e. The van der Waals surface area contributed by atoms with Crippen molar-refractivity contribution < 1.29 is 8.42 Å². The van der Waals surface area contributed by atoms with Crippen LogP contribution in [0.1, 0.15) is 13.8 Å². The van der Waals surface area contributed by atoms with E-state index in [-0.39, 0.29) is 5.25 Å². The molecule has 0 fully saturated rings. The highest BCUT2D eigenvalue weighted by Gasteiger charge is 2.23. The molecule has 74 valence electrons. The van der Waals surface area contributed by atoms with Crippen LogP contribution in [0.4, 0.5) is 0 Å². The largest absolute Gasteiger partial charge is 0.223 e. The molecule has 0 aliphatic heterocycles. The van der Waals surface area contributed by atoms with E-state index in [4.69, 9.17) is 0 Å². The van der Waals surface area contributed by atoms with E-state index in [2.05, 4.69) is 45.2 Å². The molecular weight excluding hydrogens is 434 g/mol. The summed E-state index contributed by atoms with van der Waals surface area (Å²) in [5.41, 5.74) is 0. The Kier molecular flexibility index (Phi) is 4.04. The Balaban J connectivity index is 3.31. The van der Waals surface area contributed by atoms with E-state index in [0.717, 1.165) is 5.77 Å². The lowest BCUT2D eigenvalue weighted by molar-refractivity contribution is 0.587. The SMILES string of the molecule is CC(C)S(=O)(=O)c1cc(I)sc1I. The molecule has 0 unspecified atom stereocenters. The Labute approximate surface area is 109 Å². The highest BCUT2D eigenvalue weighted by atomic mass is 127. The lowest BCUT2D eigenvalue weighted by Crippen LogP contribution is -2.13. The Hall–Kier alpha value is 1.11. The van der Waals surface area contributed by atoms with Crippen molar-refractivity contribution >= 4 is 66.4 Å². The van der Waals surface area contributed by atoms with Crippen molar-refractivity contribution in [2.75, 3.05) is 0 Å². The zero-order valence-corrected chi connectivity index (χ0v) is 13.0. The molecule has 0 amide bonds. The van der Waals surface area contributed by atoms with Gasteiger partial charge in [-0.25, -0.2) is 8.42 Å². The van der Waals surface area contributed by atoms with Crippen LogP contribution in [0.2, 0.25) is 0 Å². The third kappa shape index (κ3) is 2.57. The van der Waals surface area contributed by atoms with Gasteiger partial charge in [0.15, 0.2) is 9.84 Å². The summed E-state index contributed by atoms with van der Waals surface area (Å²) in [5.74, 6) is 0. The summed E-state index contributed by atoms with van der Waals surface area (Å²) in [6.07, 6.45) is 0. The minimum atomic E-state index is -3.09. The van der Waals surface area contributed by atoms with Gasteiger partial charge >= 0.3 is 0 Å². The van der Waals surface area contributed by atoms with Crippen LogP contribution >= 0.6 is 56.5 Å². The maximum atomic E-state index is 11.8. The van der Waals surface area contributed by atoms with Crippen molar-refractivity contribution in [2.24, 2.45) is 0 Å². The highest BCUT2D eigenvalue weighted by molar-refractivity contribution is 14.1. The van der Waals surface area contributed by atoms with Crippen LogP contribution in [0, 0.1) is 5.77 Å². The number of sulfone groups is 1. The molecule has 0 atom stereocenters. The fourth-order valence-corrected chi connectivity index (χ4v) is 7.08. The van der Waals surface area contributed by atoms with Crippen LogP contribution < -0.4 is 0 Å². The van der Waals surface area contributed by atoms with E-state index in [9.17, 15) is 8.42 Å². The molecule has 13 heavy (non-hydrogen) atoms. The minimum Gasteiger partial charge on any atom is -0.223 e. The Morgan fingerprint density at radius 1 is 1.38 bits per heavy atom. The first-order chi connectivity index (χ1) is 5.85. The topological polar surface area (TPSA) is 34.1 Å². The van der Waals surface area contributed by atoms with Crippen LogP contribution in [-0.4, -0.2) is 13.7 Å². The Morgan fingerprint density at radius 2 is 1.92 bits per heavy atom. The van der Waals surface area contributed by atoms with Gasteiger partial charge in [-0.2, -0.15) is 0 Å². The second-order valence-corrected chi connectivity index (χ2v) is 10.0. The molecule has 0 saturated heterocycles. The van der Waals surface area contributed by atoms with E-state index >= 15 is 0 Å². The van der Waals surface area contributed by atoms with Crippen molar-refractivity contribution in [2.45, 2.75) is 24.0 Å². The van der Waals surface area contributed by atoms with Gasteiger partial charge in [0.05, 0.1) is 15.9 Å². The molecule has 6 heteroatoms. The molecule has 1 heterocycles. The summed E-state index contributed by atoms with van der Waals surface area (Å²) in [6, 6.07) is 1.74. The monoisotopic (exact) mass is 442 g/mol. The molecular formula is C7H8I2O2S2. The fraction of sp³-hybridized carbons (Fsp3) is 0.429. The molecule has 0 radical (unpaired) electrons. The van der Waals surface area contributed by atoms with Gasteiger partial charge in [0.25, 0.3) is 0 Å². The first-order valence-electron chi connectivity index (χ1n) is 3.54. The zero-order valence-electron chi connectivity index (χ0n) is 7.04. The molecule has 0 bridgehead atoms. The van der Waals surface area contributed by atoms with Crippen LogP contribution in [0.3, 0.4) is 0 Å². The first-order valence-corrected chi connectivity index (χ1v) is 8.06. The van der Waals surface area contributed by atoms with E-state index in [1.165, 1.54) is 11.3 Å². The summed E-state index contributed by atoms with van der Waals surface area (Å²) in [4.78, 5) is 0.484. The van der Waals surface area contributed by atoms with Gasteiger partial charge in [-0.1, -0.05) is 0 Å². The zero-order chi connectivity index (χ0) is 10.2. The van der Waals surface area contributed by atoms with Gasteiger partial charge in [-0.15, -0.1) is 11.3 Å². The predicted octanol–water partition coefficient (Wildman–Crippen LogP) is 3.14. The van der Waals surface area contributed by atoms with Gasteiger partial charge in [0.1, 0.15) is 0 Å². The average Bonchev–Trinajstić information content (AvgIpc) is 2.30. The molecule has 1 rings (SSSR count). The molecule has 0 N–H and O–H groups in total. The lowest BCUT2D eigenvalue weighted by Gasteiger charge is -2.05. The number of rotatable bonds is 2. The molecule has 0 aliphatic rings. The molecule has 1 aromatic rings. The third-order valence-corrected chi connectivity index (χ3v) is 7.15. The molecule has 1 aromatic heterocycles. The minimum absolute atomic E-state index is 0.341. The van der Waals surface area contributed by atoms with E-state index in [1.807, 2.05) is 0 Å². The number of hydrogen-bond donors (Lipinski definition) is 0. The number of hydrogen-bond acceptors (Lipinski definition) is 3. The smallest absolute Gasteiger partial charge is 0.182 e. The van der Waals surface area contributed by atoms with Gasteiger partial charge in [-0.3, -0.25) is 0 Å². The standard InChI is InChI=1S/C7H8I2O2S2/c1-4(2)13(10,11)5-3-6(8)12-7(5)9/h3-4H,1-2H3. The quantitative estimate of drug-likeness (QED) is 0.660. The van der Waals surface area contributed by atoms with Crippen LogP contribution in [0.5, 0.6) is 0 Å². The van der Waals surface area contributed by atoms with Crippen LogP contribution in [0.25, 0.3) is 0 Å². The van der Waals surface area contributed by atoms with E-state index < -0.39 is 9.84 Å². The predicted molar refractivity (Wildman–Crippen MR) is 72.1 cm³/mol. The van der Waals surface area contributed by atoms with E-state index in [0.29, 0.717) is 4.90 Å². The van der Waals surface area contributed by atoms with Crippen LogP contribution in [-0.2, 0) is 9.84 Å². The Bertz CT molecular complexity index is 406. The highest BCUT2D eigenvalue weighted by Crippen LogP contribution is 2.30. The van der Waals surface area contributed by atoms with Gasteiger partial charge in [0, 0.05) is 0 Å². The Morgan fingerprint density at radius 3 is 2.23 bits per heavy atom. The molecule has 0 aliphatic carbocycles. The molecule has 0 aromatic carbocycles. The second-order valence-electron chi connectivity index (χ2n) is 2.78. The molecule has 2 nitrogen and oxygen atoms in total. The summed E-state index contributed by atoms with van der Waals surface area (Å²) in [7, 11) is -3.09. The van der Waals surface area contributed by atoms with Gasteiger partial charge < -0.3 is 0 Å². The van der Waals surface area contributed by atoms with Crippen molar-refractivity contribution in [1.82, 2.24) is 0 Å². The maximum absolute atomic E-state index is 11.8. The number of halogens is 2. The first kappa shape index (κ1) is 12.2. The summed E-state index contributed by atoms with van der Waals surface area (Å²) < 4.78 is 25.4.